The molecule has 0 aliphatic carbocycles. The van der Waals surface area contributed by atoms with Crippen LogP contribution in [0, 0.1) is 0 Å². The smallest absolute Gasteiger partial charge is 0.435 e. The third-order valence-electron chi connectivity index (χ3n) is 2.92. The van der Waals surface area contributed by atoms with Crippen LogP contribution in [0.3, 0.4) is 0 Å². The van der Waals surface area contributed by atoms with E-state index in [4.69, 9.17) is 4.74 Å². The fourth-order valence-corrected chi connectivity index (χ4v) is 1.78. The van der Waals surface area contributed by atoms with Crippen molar-refractivity contribution in [2.24, 2.45) is 0 Å². The molecule has 0 aromatic carbocycles. The first-order chi connectivity index (χ1) is 10.8. The molecular weight excluding hydrogens is 311 g/mol. The summed E-state index contributed by atoms with van der Waals surface area (Å²) in [4.78, 5) is 13.4. The lowest BCUT2D eigenvalue weighted by Gasteiger charge is -2.15. The molecule has 0 amide bonds. The number of nitrogens with one attached hydrogen (secondary N) is 1. The van der Waals surface area contributed by atoms with Crippen LogP contribution in [0.2, 0.25) is 0 Å². The van der Waals surface area contributed by atoms with Crippen molar-refractivity contribution in [2.45, 2.75) is 12.7 Å². The van der Waals surface area contributed by atoms with Crippen LogP contribution in [-0.2, 0) is 12.7 Å². The highest BCUT2D eigenvalue weighted by molar-refractivity contribution is 5.51. The molecule has 0 atom stereocenters. The summed E-state index contributed by atoms with van der Waals surface area (Å²) >= 11 is 0. The fourth-order valence-electron chi connectivity index (χ4n) is 1.78. The Morgan fingerprint density at radius 3 is 2.35 bits per heavy atom. The second kappa shape index (κ2) is 6.67. The van der Waals surface area contributed by atoms with Gasteiger partial charge in [0.1, 0.15) is 0 Å². The van der Waals surface area contributed by atoms with Crippen LogP contribution in [0.5, 0.6) is 5.88 Å². The molecule has 2 aromatic rings. The van der Waals surface area contributed by atoms with E-state index in [1.165, 1.54) is 19.2 Å². The van der Waals surface area contributed by atoms with Crippen LogP contribution in [-0.4, -0.2) is 36.2 Å². The Labute approximate surface area is 131 Å². The standard InChI is InChI=1S/C14H16F3N5O/c1-22(2)13-19-7-9(8-20-13)6-18-10-4-5-11(23-3)21-12(10)14(15,16)17/h4-5,7-8,18H,6H2,1-3H3. The molecule has 2 heterocycles. The van der Waals surface area contributed by atoms with Crippen molar-refractivity contribution in [2.75, 3.05) is 31.4 Å². The molecular formula is C14H16F3N5O. The first-order valence-corrected chi connectivity index (χ1v) is 6.65. The number of hydrogen-bond donors (Lipinski definition) is 1. The number of rotatable bonds is 5. The molecule has 0 saturated heterocycles. The van der Waals surface area contributed by atoms with Crippen molar-refractivity contribution in [3.8, 4) is 5.88 Å². The zero-order chi connectivity index (χ0) is 17.0. The molecule has 1 N–H and O–H groups in total. The minimum absolute atomic E-state index is 0.0958. The van der Waals surface area contributed by atoms with E-state index < -0.39 is 11.9 Å². The topological polar surface area (TPSA) is 63.2 Å². The highest BCUT2D eigenvalue weighted by Gasteiger charge is 2.36. The van der Waals surface area contributed by atoms with Crippen molar-refractivity contribution >= 4 is 11.6 Å². The molecule has 6 nitrogen and oxygen atoms in total. The number of methoxy groups -OCH3 is 1. The second-order valence-corrected chi connectivity index (χ2v) is 4.89. The van der Waals surface area contributed by atoms with Crippen molar-refractivity contribution in [1.29, 1.82) is 0 Å². The Hall–Kier alpha value is -2.58. The van der Waals surface area contributed by atoms with Gasteiger partial charge < -0.3 is 15.0 Å². The lowest BCUT2D eigenvalue weighted by atomic mass is 10.2. The number of alkyl halides is 3. The van der Waals surface area contributed by atoms with Gasteiger partial charge in [-0.3, -0.25) is 0 Å². The van der Waals surface area contributed by atoms with Gasteiger partial charge in [0.15, 0.2) is 5.69 Å². The number of ether oxygens (including phenoxy) is 1. The van der Waals surface area contributed by atoms with E-state index in [-0.39, 0.29) is 18.1 Å². The Balaban J connectivity index is 2.16. The maximum atomic E-state index is 13.0. The van der Waals surface area contributed by atoms with Gasteiger partial charge in [-0.25, -0.2) is 15.0 Å². The number of anilines is 2. The molecule has 0 fully saturated rings. The average molecular weight is 327 g/mol. The number of aromatic nitrogens is 3. The molecule has 9 heteroatoms. The molecule has 23 heavy (non-hydrogen) atoms. The van der Waals surface area contributed by atoms with Gasteiger partial charge in [0.25, 0.3) is 0 Å². The van der Waals surface area contributed by atoms with Gasteiger partial charge in [-0.05, 0) is 6.07 Å². The fraction of sp³-hybridized carbons (Fsp3) is 0.357. The number of pyridine rings is 1. The maximum absolute atomic E-state index is 13.0. The lowest BCUT2D eigenvalue weighted by Crippen LogP contribution is -2.15. The van der Waals surface area contributed by atoms with Crippen molar-refractivity contribution in [1.82, 2.24) is 15.0 Å². The Morgan fingerprint density at radius 1 is 1.17 bits per heavy atom. The molecule has 2 rings (SSSR count). The third kappa shape index (κ3) is 4.21. The van der Waals surface area contributed by atoms with Gasteiger partial charge >= 0.3 is 6.18 Å². The summed E-state index contributed by atoms with van der Waals surface area (Å²) in [5.41, 5.74) is -0.503. The van der Waals surface area contributed by atoms with E-state index in [9.17, 15) is 13.2 Å². The van der Waals surface area contributed by atoms with Gasteiger partial charge in [-0.2, -0.15) is 13.2 Å². The number of hydrogen-bond acceptors (Lipinski definition) is 6. The van der Waals surface area contributed by atoms with E-state index in [2.05, 4.69) is 20.3 Å². The van der Waals surface area contributed by atoms with Crippen LogP contribution >= 0.6 is 0 Å². The molecule has 2 aromatic heterocycles. The monoisotopic (exact) mass is 327 g/mol. The van der Waals surface area contributed by atoms with Gasteiger partial charge in [0, 0.05) is 44.7 Å². The summed E-state index contributed by atoms with van der Waals surface area (Å²) in [5, 5.41) is 2.70. The Morgan fingerprint density at radius 2 is 1.83 bits per heavy atom. The van der Waals surface area contributed by atoms with E-state index in [0.717, 1.165) is 0 Å². The zero-order valence-electron chi connectivity index (χ0n) is 12.8. The summed E-state index contributed by atoms with van der Waals surface area (Å²) in [6.45, 7) is 0.144. The van der Waals surface area contributed by atoms with Crippen LogP contribution in [0.15, 0.2) is 24.5 Å². The first kappa shape index (κ1) is 16.8. The lowest BCUT2D eigenvalue weighted by molar-refractivity contribution is -0.140. The van der Waals surface area contributed by atoms with E-state index in [1.54, 1.807) is 31.4 Å². The molecule has 0 bridgehead atoms. The quantitative estimate of drug-likeness (QED) is 0.911. The molecule has 0 aliphatic rings. The SMILES string of the molecule is COc1ccc(NCc2cnc(N(C)C)nc2)c(C(F)(F)F)n1. The normalized spacial score (nSPS) is 11.2. The van der Waals surface area contributed by atoms with Crippen LogP contribution in [0.4, 0.5) is 24.8 Å². The second-order valence-electron chi connectivity index (χ2n) is 4.89. The minimum atomic E-state index is -4.58. The highest BCUT2D eigenvalue weighted by Crippen LogP contribution is 2.34. The minimum Gasteiger partial charge on any atom is -0.481 e. The Kier molecular flexibility index (Phi) is 4.87. The molecule has 0 spiro atoms. The van der Waals surface area contributed by atoms with Gasteiger partial charge in [0.05, 0.1) is 12.8 Å². The van der Waals surface area contributed by atoms with Gasteiger partial charge in [-0.1, -0.05) is 0 Å². The highest BCUT2D eigenvalue weighted by atomic mass is 19.4. The van der Waals surface area contributed by atoms with E-state index >= 15 is 0 Å². The average Bonchev–Trinajstić information content (AvgIpc) is 2.52. The van der Waals surface area contributed by atoms with Gasteiger partial charge in [-0.15, -0.1) is 0 Å². The van der Waals surface area contributed by atoms with Crippen molar-refractivity contribution < 1.29 is 17.9 Å². The molecule has 0 aliphatic heterocycles. The first-order valence-electron chi connectivity index (χ1n) is 6.65. The Bertz CT molecular complexity index is 658. The maximum Gasteiger partial charge on any atom is 0.435 e. The third-order valence-corrected chi connectivity index (χ3v) is 2.92. The van der Waals surface area contributed by atoms with Crippen molar-refractivity contribution in [3.05, 3.63) is 35.8 Å². The van der Waals surface area contributed by atoms with E-state index in [1.807, 2.05) is 0 Å². The van der Waals surface area contributed by atoms with Gasteiger partial charge in [0.2, 0.25) is 11.8 Å². The molecule has 0 saturated carbocycles. The molecule has 124 valence electrons. The van der Waals surface area contributed by atoms with Crippen molar-refractivity contribution in [3.63, 3.8) is 0 Å². The van der Waals surface area contributed by atoms with E-state index in [0.29, 0.717) is 11.5 Å². The summed E-state index contributed by atoms with van der Waals surface area (Å²) in [6, 6.07) is 2.65. The summed E-state index contributed by atoms with van der Waals surface area (Å²) < 4.78 is 43.9. The largest absolute Gasteiger partial charge is 0.481 e. The number of nitrogens with zero attached hydrogens (tertiary/aromatic N) is 4. The molecule has 0 unspecified atom stereocenters. The van der Waals surface area contributed by atoms with Crippen LogP contribution < -0.4 is 15.0 Å². The number of halogens is 3. The summed E-state index contributed by atoms with van der Waals surface area (Å²) in [5.74, 6) is 0.428. The summed E-state index contributed by atoms with van der Waals surface area (Å²) in [7, 11) is 4.86. The summed E-state index contributed by atoms with van der Waals surface area (Å²) in [6.07, 6.45) is -1.47. The van der Waals surface area contributed by atoms with Crippen LogP contribution in [0.1, 0.15) is 11.3 Å². The zero-order valence-corrected chi connectivity index (χ0v) is 12.8. The van der Waals surface area contributed by atoms with Crippen LogP contribution in [0.25, 0.3) is 0 Å². The predicted octanol–water partition coefficient (Wildman–Crippen LogP) is 2.58. The molecule has 0 radical (unpaired) electrons. The predicted molar refractivity (Wildman–Crippen MR) is 79.5 cm³/mol.